The lowest BCUT2D eigenvalue weighted by Gasteiger charge is -2.64. The first-order chi connectivity index (χ1) is 16.3. The first kappa shape index (κ1) is 25.3. The van der Waals surface area contributed by atoms with E-state index >= 15 is 0 Å². The van der Waals surface area contributed by atoms with E-state index in [0.29, 0.717) is 30.8 Å². The maximum absolute atomic E-state index is 13.2. The van der Waals surface area contributed by atoms with Crippen molar-refractivity contribution in [3.8, 4) is 0 Å². The zero-order chi connectivity index (χ0) is 25.4. The van der Waals surface area contributed by atoms with Gasteiger partial charge in [-0.1, -0.05) is 20.3 Å². The van der Waals surface area contributed by atoms with E-state index in [-0.39, 0.29) is 36.8 Å². The van der Waals surface area contributed by atoms with Gasteiger partial charge in [0, 0.05) is 18.5 Å². The number of rotatable bonds is 5. The predicted molar refractivity (Wildman–Crippen MR) is 132 cm³/mol. The Labute approximate surface area is 210 Å². The van der Waals surface area contributed by atoms with Crippen LogP contribution in [0.3, 0.4) is 0 Å². The number of nitrogens with zero attached hydrogens (tertiary/aromatic N) is 1. The van der Waals surface area contributed by atoms with Crippen LogP contribution in [-0.4, -0.2) is 73.2 Å². The number of carbonyl (C=O) groups excluding carboxylic acids is 2. The summed E-state index contributed by atoms with van der Waals surface area (Å²) < 4.78 is 24.0. The van der Waals surface area contributed by atoms with Crippen molar-refractivity contribution in [3.05, 3.63) is 0 Å². The first-order valence-corrected chi connectivity index (χ1v) is 13.5. The van der Waals surface area contributed by atoms with Crippen LogP contribution in [0.5, 0.6) is 0 Å². The second-order valence-corrected chi connectivity index (χ2v) is 13.3. The zero-order valence-corrected chi connectivity index (χ0v) is 22.5. The summed E-state index contributed by atoms with van der Waals surface area (Å²) in [6.07, 6.45) is 5.02. The van der Waals surface area contributed by atoms with Crippen molar-refractivity contribution in [1.29, 1.82) is 0 Å². The fourth-order valence-corrected chi connectivity index (χ4v) is 8.11. The van der Waals surface area contributed by atoms with Crippen LogP contribution in [0.4, 0.5) is 4.79 Å². The van der Waals surface area contributed by atoms with Gasteiger partial charge in [-0.2, -0.15) is 0 Å². The van der Waals surface area contributed by atoms with Crippen molar-refractivity contribution in [2.75, 3.05) is 20.2 Å². The standard InChI is InChI=1S/C26H43BN2O6/c1-23(2,3)33-22(31)29-15-18-17(26(29,10-12-28-18)21(30)32-7)9-8-11-27-34-20-14-16-13-19(24(16,4)5)25(20,6)35-27/h16-20,28H,8-15H2,1-7H3/t16-,17+,18-,19-,20+,25-,26?/m0/s1. The van der Waals surface area contributed by atoms with Crippen molar-refractivity contribution >= 4 is 19.2 Å². The fraction of sp³-hybridized carbons (Fsp3) is 0.923. The van der Waals surface area contributed by atoms with E-state index < -0.39 is 17.2 Å². The third-order valence-electron chi connectivity index (χ3n) is 9.98. The van der Waals surface area contributed by atoms with Crippen molar-refractivity contribution < 1.29 is 28.4 Å². The molecular weight excluding hydrogens is 447 g/mol. The summed E-state index contributed by atoms with van der Waals surface area (Å²) in [4.78, 5) is 28.0. The Morgan fingerprint density at radius 1 is 1.20 bits per heavy atom. The molecule has 6 aliphatic rings. The third kappa shape index (κ3) is 3.83. The molecule has 35 heavy (non-hydrogen) atoms. The minimum atomic E-state index is -0.990. The van der Waals surface area contributed by atoms with Gasteiger partial charge >= 0.3 is 19.2 Å². The maximum Gasteiger partial charge on any atom is 0.457 e. The van der Waals surface area contributed by atoms with Crippen LogP contribution in [-0.2, 0) is 23.6 Å². The van der Waals surface area contributed by atoms with Gasteiger partial charge in [0.1, 0.15) is 11.1 Å². The molecule has 9 heteroatoms. The van der Waals surface area contributed by atoms with Crippen LogP contribution < -0.4 is 5.32 Å². The van der Waals surface area contributed by atoms with Crippen molar-refractivity contribution in [1.82, 2.24) is 10.2 Å². The van der Waals surface area contributed by atoms with Crippen LogP contribution in [0.25, 0.3) is 0 Å². The predicted octanol–water partition coefficient (Wildman–Crippen LogP) is 3.64. The molecule has 0 radical (unpaired) electrons. The molecular formula is C26H43BN2O6. The number of piperidine rings is 1. The number of fused-ring (bicyclic) bond motifs is 2. The van der Waals surface area contributed by atoms with E-state index in [4.69, 9.17) is 18.8 Å². The molecule has 6 rings (SSSR count). The minimum absolute atomic E-state index is 0.0360. The minimum Gasteiger partial charge on any atom is -0.467 e. The molecule has 0 aromatic rings. The number of amides is 1. The van der Waals surface area contributed by atoms with E-state index in [1.807, 2.05) is 20.8 Å². The number of carbonyl (C=O) groups is 2. The molecule has 3 saturated heterocycles. The Kier molecular flexibility index (Phi) is 6.05. The van der Waals surface area contributed by atoms with Gasteiger partial charge in [-0.05, 0) is 83.5 Å². The van der Waals surface area contributed by atoms with Crippen LogP contribution in [0.15, 0.2) is 0 Å². The smallest absolute Gasteiger partial charge is 0.457 e. The number of ether oxygens (including phenoxy) is 2. The molecule has 6 fully saturated rings. The molecule has 7 atom stereocenters. The fourth-order valence-electron chi connectivity index (χ4n) is 8.11. The Bertz CT molecular complexity index is 876. The van der Waals surface area contributed by atoms with Crippen molar-refractivity contribution in [2.24, 2.45) is 23.2 Å². The number of esters is 1. The second-order valence-electron chi connectivity index (χ2n) is 13.3. The molecule has 0 aromatic carbocycles. The molecule has 1 N–H and O–H groups in total. The summed E-state index contributed by atoms with van der Waals surface area (Å²) in [7, 11) is 1.21. The highest BCUT2D eigenvalue weighted by Crippen LogP contribution is 2.65. The van der Waals surface area contributed by atoms with Gasteiger partial charge in [-0.3, -0.25) is 4.90 Å². The van der Waals surface area contributed by atoms with E-state index in [2.05, 4.69) is 26.1 Å². The van der Waals surface area contributed by atoms with Crippen LogP contribution >= 0.6 is 0 Å². The summed E-state index contributed by atoms with van der Waals surface area (Å²) >= 11 is 0. The van der Waals surface area contributed by atoms with Crippen molar-refractivity contribution in [3.63, 3.8) is 0 Å². The molecule has 8 nitrogen and oxygen atoms in total. The second kappa shape index (κ2) is 8.35. The Hall–Kier alpha value is -1.32. The van der Waals surface area contributed by atoms with Gasteiger partial charge in [0.2, 0.25) is 0 Å². The number of methoxy groups -OCH3 is 1. The lowest BCUT2D eigenvalue weighted by molar-refractivity contribution is -0.199. The number of nitrogens with one attached hydrogen (secondary N) is 1. The van der Waals surface area contributed by atoms with Gasteiger partial charge < -0.3 is 24.1 Å². The highest BCUT2D eigenvalue weighted by Gasteiger charge is 2.68. The molecule has 3 saturated carbocycles. The highest BCUT2D eigenvalue weighted by atomic mass is 16.7. The van der Waals surface area contributed by atoms with Gasteiger partial charge in [-0.25, -0.2) is 9.59 Å². The third-order valence-corrected chi connectivity index (χ3v) is 9.98. The van der Waals surface area contributed by atoms with Gasteiger partial charge in [-0.15, -0.1) is 0 Å². The molecule has 1 unspecified atom stereocenters. The Balaban J connectivity index is 1.26. The molecule has 0 aromatic heterocycles. The van der Waals surface area contributed by atoms with Crippen LogP contribution in [0.1, 0.15) is 73.6 Å². The van der Waals surface area contributed by atoms with E-state index in [0.717, 1.165) is 31.5 Å². The van der Waals surface area contributed by atoms with Crippen molar-refractivity contribution in [2.45, 2.75) is 109 Å². The maximum atomic E-state index is 13.2. The first-order valence-electron chi connectivity index (χ1n) is 13.5. The Morgan fingerprint density at radius 2 is 1.94 bits per heavy atom. The van der Waals surface area contributed by atoms with Crippen LogP contribution in [0, 0.1) is 23.2 Å². The summed E-state index contributed by atoms with van der Waals surface area (Å²) in [5.41, 5.74) is -1.49. The average Bonchev–Trinajstić information content (AvgIpc) is 3.18. The van der Waals surface area contributed by atoms with Gasteiger partial charge in [0.05, 0.1) is 18.8 Å². The summed E-state index contributed by atoms with van der Waals surface area (Å²) in [5, 5.41) is 3.54. The topological polar surface area (TPSA) is 86.3 Å². The van der Waals surface area contributed by atoms with Gasteiger partial charge in [0.15, 0.2) is 0 Å². The molecule has 196 valence electrons. The average molecular weight is 490 g/mol. The lowest BCUT2D eigenvalue weighted by atomic mass is 9.43. The lowest BCUT2D eigenvalue weighted by Crippen LogP contribution is -2.65. The van der Waals surface area contributed by atoms with E-state index in [1.165, 1.54) is 13.5 Å². The largest absolute Gasteiger partial charge is 0.467 e. The normalized spacial score (nSPS) is 41.3. The molecule has 4 bridgehead atoms. The monoisotopic (exact) mass is 490 g/mol. The Morgan fingerprint density at radius 3 is 2.60 bits per heavy atom. The molecule has 3 aliphatic heterocycles. The number of likely N-dealkylation sites (tertiary alicyclic amines) is 1. The van der Waals surface area contributed by atoms with E-state index in [9.17, 15) is 9.59 Å². The molecule has 1 amide bonds. The summed E-state index contributed by atoms with van der Waals surface area (Å²) in [6, 6.07) is 0.0360. The van der Waals surface area contributed by atoms with Gasteiger partial charge in [0.25, 0.3) is 0 Å². The molecule has 0 spiro atoms. The quantitative estimate of drug-likeness (QED) is 0.465. The van der Waals surface area contributed by atoms with Crippen LogP contribution in [0.2, 0.25) is 6.32 Å². The summed E-state index contributed by atoms with van der Waals surface area (Å²) in [5.74, 6) is 0.899. The SMILES string of the molecule is COC(=O)C12CCN[C@@H](CN1C(=O)OC(C)(C)C)[C@H]2CCCB1O[C@@H]2C[C@@H]3C[C@@H](C3(C)C)[C@]2(C)O1. The van der Waals surface area contributed by atoms with E-state index in [1.54, 1.807) is 4.90 Å². The number of hydrogen-bond acceptors (Lipinski definition) is 7. The zero-order valence-electron chi connectivity index (χ0n) is 22.5. The summed E-state index contributed by atoms with van der Waals surface area (Å²) in [6.45, 7) is 13.6. The molecule has 3 heterocycles. The highest BCUT2D eigenvalue weighted by molar-refractivity contribution is 6.45. The number of hydrogen-bond donors (Lipinski definition) is 1. The molecule has 3 aliphatic carbocycles.